The topological polar surface area (TPSA) is 29.5 Å². The third-order valence-corrected chi connectivity index (χ3v) is 3.66. The highest BCUT2D eigenvalue weighted by molar-refractivity contribution is 5.09. The van der Waals surface area contributed by atoms with Gasteiger partial charge in [0.25, 0.3) is 0 Å². The van der Waals surface area contributed by atoms with Gasteiger partial charge in [0, 0.05) is 11.8 Å². The van der Waals surface area contributed by atoms with Crippen molar-refractivity contribution < 1.29 is 9.84 Å². The highest BCUT2D eigenvalue weighted by atomic mass is 16.5. The molecule has 1 atom stereocenters. The first kappa shape index (κ1) is 10.0. The lowest BCUT2D eigenvalue weighted by Gasteiger charge is -2.37. The number of aliphatic hydroxyl groups excluding tert-OH is 1. The minimum Gasteiger partial charge on any atom is -0.495 e. The standard InChI is InChI=1S/C12H20O2/c1-12(7-3-2-4-8-12)11(13)10-6-5-9-14-10/h6,11,13H,2-5,7-9H2,1H3. The second kappa shape index (κ2) is 3.93. The Labute approximate surface area is 86.0 Å². The van der Waals surface area contributed by atoms with Gasteiger partial charge in [-0.3, -0.25) is 0 Å². The Hall–Kier alpha value is -0.500. The van der Waals surface area contributed by atoms with Crippen molar-refractivity contribution in [1.29, 1.82) is 0 Å². The molecule has 1 aliphatic heterocycles. The molecule has 0 aromatic carbocycles. The van der Waals surface area contributed by atoms with Crippen LogP contribution in [0.5, 0.6) is 0 Å². The van der Waals surface area contributed by atoms with E-state index in [1.807, 2.05) is 6.08 Å². The normalized spacial score (nSPS) is 28.0. The van der Waals surface area contributed by atoms with Crippen LogP contribution in [0.2, 0.25) is 0 Å². The number of hydrogen-bond donors (Lipinski definition) is 1. The Kier molecular flexibility index (Phi) is 2.82. The van der Waals surface area contributed by atoms with Gasteiger partial charge in [0.05, 0.1) is 6.61 Å². The molecule has 1 unspecified atom stereocenters. The minimum absolute atomic E-state index is 0.0639. The molecule has 1 heterocycles. The van der Waals surface area contributed by atoms with Crippen LogP contribution < -0.4 is 0 Å². The van der Waals surface area contributed by atoms with Crippen molar-refractivity contribution in [3.8, 4) is 0 Å². The van der Waals surface area contributed by atoms with Gasteiger partial charge in [0.15, 0.2) is 0 Å². The van der Waals surface area contributed by atoms with E-state index in [0.29, 0.717) is 0 Å². The average molecular weight is 196 g/mol. The summed E-state index contributed by atoms with van der Waals surface area (Å²) in [6.45, 7) is 2.95. The van der Waals surface area contributed by atoms with Crippen LogP contribution in [-0.2, 0) is 4.74 Å². The van der Waals surface area contributed by atoms with E-state index in [1.165, 1.54) is 19.3 Å². The van der Waals surface area contributed by atoms with E-state index >= 15 is 0 Å². The maximum atomic E-state index is 10.2. The number of hydrogen-bond acceptors (Lipinski definition) is 2. The minimum atomic E-state index is -0.370. The van der Waals surface area contributed by atoms with Crippen molar-refractivity contribution in [3.05, 3.63) is 11.8 Å². The Bertz CT molecular complexity index is 226. The summed E-state index contributed by atoms with van der Waals surface area (Å²) in [5.74, 6) is 0.828. The molecule has 1 N–H and O–H groups in total. The molecule has 80 valence electrons. The summed E-state index contributed by atoms with van der Waals surface area (Å²) in [6, 6.07) is 0. The Morgan fingerprint density at radius 2 is 2.07 bits per heavy atom. The molecule has 0 spiro atoms. The van der Waals surface area contributed by atoms with Crippen LogP contribution in [0.1, 0.15) is 45.4 Å². The summed E-state index contributed by atoms with van der Waals surface area (Å²) >= 11 is 0. The van der Waals surface area contributed by atoms with Crippen molar-refractivity contribution in [2.75, 3.05) is 6.61 Å². The van der Waals surface area contributed by atoms with Gasteiger partial charge in [0.1, 0.15) is 11.9 Å². The van der Waals surface area contributed by atoms with E-state index in [1.54, 1.807) is 0 Å². The maximum absolute atomic E-state index is 10.2. The molecule has 0 saturated heterocycles. The second-order valence-corrected chi connectivity index (χ2v) is 4.86. The summed E-state index contributed by atoms with van der Waals surface area (Å²) in [5, 5.41) is 10.2. The molecule has 0 aromatic rings. The lowest BCUT2D eigenvalue weighted by molar-refractivity contribution is -0.00109. The van der Waals surface area contributed by atoms with Crippen molar-refractivity contribution in [2.24, 2.45) is 5.41 Å². The zero-order chi connectivity index (χ0) is 10.0. The molecule has 0 bridgehead atoms. The first-order valence-electron chi connectivity index (χ1n) is 5.73. The third kappa shape index (κ3) is 1.81. The molecular formula is C12H20O2. The molecule has 2 rings (SSSR count). The third-order valence-electron chi connectivity index (χ3n) is 3.66. The summed E-state index contributed by atoms with van der Waals surface area (Å²) in [4.78, 5) is 0. The van der Waals surface area contributed by atoms with Gasteiger partial charge in [-0.15, -0.1) is 0 Å². The van der Waals surface area contributed by atoms with Crippen LogP contribution in [0.15, 0.2) is 11.8 Å². The fourth-order valence-corrected chi connectivity index (χ4v) is 2.60. The molecule has 2 heteroatoms. The van der Waals surface area contributed by atoms with E-state index in [9.17, 15) is 5.11 Å². The van der Waals surface area contributed by atoms with Gasteiger partial charge >= 0.3 is 0 Å². The van der Waals surface area contributed by atoms with E-state index < -0.39 is 0 Å². The van der Waals surface area contributed by atoms with Crippen LogP contribution in [0.25, 0.3) is 0 Å². The summed E-state index contributed by atoms with van der Waals surface area (Å²) in [5.41, 5.74) is 0.0639. The van der Waals surface area contributed by atoms with E-state index in [0.717, 1.165) is 31.6 Å². The molecule has 0 radical (unpaired) electrons. The molecule has 0 amide bonds. The monoisotopic (exact) mass is 196 g/mol. The number of ether oxygens (including phenoxy) is 1. The Morgan fingerprint density at radius 3 is 2.64 bits per heavy atom. The lowest BCUT2D eigenvalue weighted by atomic mass is 9.71. The zero-order valence-corrected chi connectivity index (χ0v) is 8.96. The van der Waals surface area contributed by atoms with Crippen LogP contribution in [0.3, 0.4) is 0 Å². The van der Waals surface area contributed by atoms with Gasteiger partial charge in [-0.05, 0) is 18.9 Å². The molecule has 1 aliphatic carbocycles. The molecule has 2 aliphatic rings. The first-order valence-corrected chi connectivity index (χ1v) is 5.73. The zero-order valence-electron chi connectivity index (χ0n) is 8.96. The number of aliphatic hydroxyl groups is 1. The van der Waals surface area contributed by atoms with Crippen LogP contribution in [-0.4, -0.2) is 17.8 Å². The van der Waals surface area contributed by atoms with Gasteiger partial charge in [0.2, 0.25) is 0 Å². The van der Waals surface area contributed by atoms with Crippen LogP contribution in [0, 0.1) is 5.41 Å². The molecule has 2 nitrogen and oxygen atoms in total. The fraction of sp³-hybridized carbons (Fsp3) is 0.833. The average Bonchev–Trinajstić information content (AvgIpc) is 2.70. The summed E-state index contributed by atoms with van der Waals surface area (Å²) in [6.07, 6.45) is 8.73. The molecular weight excluding hydrogens is 176 g/mol. The van der Waals surface area contributed by atoms with E-state index in [2.05, 4.69) is 6.92 Å². The predicted octanol–water partition coefficient (Wildman–Crippen LogP) is 2.62. The molecule has 1 saturated carbocycles. The maximum Gasteiger partial charge on any atom is 0.121 e. The summed E-state index contributed by atoms with van der Waals surface area (Å²) in [7, 11) is 0. The largest absolute Gasteiger partial charge is 0.495 e. The molecule has 0 aromatic heterocycles. The molecule has 14 heavy (non-hydrogen) atoms. The predicted molar refractivity (Wildman–Crippen MR) is 55.9 cm³/mol. The van der Waals surface area contributed by atoms with Crippen molar-refractivity contribution in [2.45, 2.75) is 51.6 Å². The lowest BCUT2D eigenvalue weighted by Crippen LogP contribution is -2.35. The van der Waals surface area contributed by atoms with Gasteiger partial charge in [-0.1, -0.05) is 26.2 Å². The van der Waals surface area contributed by atoms with Crippen molar-refractivity contribution in [1.82, 2.24) is 0 Å². The molecule has 1 fully saturated rings. The quantitative estimate of drug-likeness (QED) is 0.735. The van der Waals surface area contributed by atoms with Crippen LogP contribution in [0.4, 0.5) is 0 Å². The highest BCUT2D eigenvalue weighted by Crippen LogP contribution is 2.41. The van der Waals surface area contributed by atoms with Gasteiger partial charge in [-0.25, -0.2) is 0 Å². The fourth-order valence-electron chi connectivity index (χ4n) is 2.60. The Morgan fingerprint density at radius 1 is 1.36 bits per heavy atom. The van der Waals surface area contributed by atoms with Gasteiger partial charge < -0.3 is 9.84 Å². The second-order valence-electron chi connectivity index (χ2n) is 4.86. The first-order chi connectivity index (χ1) is 6.72. The Balaban J connectivity index is 2.04. The smallest absolute Gasteiger partial charge is 0.121 e. The van der Waals surface area contributed by atoms with Gasteiger partial charge in [-0.2, -0.15) is 0 Å². The SMILES string of the molecule is CC1(C(O)C2=CCCO2)CCCCC1. The van der Waals surface area contributed by atoms with Crippen molar-refractivity contribution >= 4 is 0 Å². The van der Waals surface area contributed by atoms with E-state index in [-0.39, 0.29) is 11.5 Å². The highest BCUT2D eigenvalue weighted by Gasteiger charge is 2.37. The number of rotatable bonds is 2. The summed E-state index contributed by atoms with van der Waals surface area (Å²) < 4.78 is 5.44. The van der Waals surface area contributed by atoms with E-state index in [4.69, 9.17) is 4.74 Å². The van der Waals surface area contributed by atoms with Crippen LogP contribution >= 0.6 is 0 Å². The van der Waals surface area contributed by atoms with Crippen molar-refractivity contribution in [3.63, 3.8) is 0 Å².